The summed E-state index contributed by atoms with van der Waals surface area (Å²) in [5, 5.41) is 10.3. The Labute approximate surface area is 191 Å². The highest BCUT2D eigenvalue weighted by Crippen LogP contribution is 2.25. The summed E-state index contributed by atoms with van der Waals surface area (Å²) in [5.74, 6) is -0.365. The molecule has 0 saturated carbocycles. The van der Waals surface area contributed by atoms with Gasteiger partial charge in [0.25, 0.3) is 20.3 Å². The lowest BCUT2D eigenvalue weighted by Gasteiger charge is -2.34. The second kappa shape index (κ2) is 9.23. The topological polar surface area (TPSA) is 108 Å². The van der Waals surface area contributed by atoms with Gasteiger partial charge in [-0.3, -0.25) is 14.8 Å². The van der Waals surface area contributed by atoms with Crippen LogP contribution in [0.1, 0.15) is 15.9 Å². The Balaban J connectivity index is 1.41. The van der Waals surface area contributed by atoms with Crippen LogP contribution >= 0.6 is 11.3 Å². The van der Waals surface area contributed by atoms with Gasteiger partial charge >= 0.3 is 0 Å². The summed E-state index contributed by atoms with van der Waals surface area (Å²) in [5.41, 5.74) is 2.79. The highest BCUT2D eigenvalue weighted by molar-refractivity contribution is 7.94. The number of hydrogen-bond acceptors (Lipinski definition) is 8. The van der Waals surface area contributed by atoms with Crippen LogP contribution in [0.15, 0.2) is 52.9 Å². The molecule has 9 nitrogen and oxygen atoms in total. The zero-order valence-electron chi connectivity index (χ0n) is 17.8. The number of anilines is 3. The molecule has 32 heavy (non-hydrogen) atoms. The molecule has 0 radical (unpaired) electrons. The predicted octanol–water partition coefficient (Wildman–Crippen LogP) is 2.65. The average molecular weight is 473 g/mol. The van der Waals surface area contributed by atoms with Gasteiger partial charge in [0.1, 0.15) is 0 Å². The van der Waals surface area contributed by atoms with Crippen LogP contribution in [0.25, 0.3) is 0 Å². The van der Waals surface area contributed by atoms with E-state index in [4.69, 9.17) is 0 Å². The third-order valence-electron chi connectivity index (χ3n) is 5.23. The molecule has 2 aromatic carbocycles. The molecular weight excluding hydrogens is 448 g/mol. The molecule has 11 heteroatoms. The highest BCUT2D eigenvalue weighted by atomic mass is 32.2. The van der Waals surface area contributed by atoms with Gasteiger partial charge in [0.2, 0.25) is 5.13 Å². The Hall–Kier alpha value is -3.02. The smallest absolute Gasteiger partial charge is 0.291 e. The van der Waals surface area contributed by atoms with E-state index >= 15 is 0 Å². The number of amides is 1. The van der Waals surface area contributed by atoms with Gasteiger partial charge in [0, 0.05) is 43.1 Å². The molecule has 3 aromatic rings. The van der Waals surface area contributed by atoms with Crippen molar-refractivity contribution in [3.8, 4) is 0 Å². The van der Waals surface area contributed by atoms with Crippen LogP contribution in [0.4, 0.5) is 16.5 Å². The maximum atomic E-state index is 12.7. The number of nitrogens with zero attached hydrogens (tertiary/aromatic N) is 4. The molecule has 1 aliphatic rings. The van der Waals surface area contributed by atoms with Crippen molar-refractivity contribution < 1.29 is 13.2 Å². The first-order valence-corrected chi connectivity index (χ1v) is 12.4. The molecule has 168 valence electrons. The third-order valence-corrected chi connectivity index (χ3v) is 7.82. The quantitative estimate of drug-likeness (QED) is 0.531. The Kier molecular flexibility index (Phi) is 6.40. The fraction of sp³-hybridized carbons (Fsp3) is 0.286. The standard InChI is InChI=1S/C21H24N6O3S2/c1-15-5-3-4-6-18(15)19(28)22-20-23-24-21(31-20)32(29,30)25-16-7-9-17(10-8-16)27-13-11-26(2)12-14-27/h3-10,25H,11-14H2,1-2H3,(H,22,23,28). The monoisotopic (exact) mass is 472 g/mol. The molecule has 0 atom stereocenters. The van der Waals surface area contributed by atoms with E-state index in [0.29, 0.717) is 11.3 Å². The van der Waals surface area contributed by atoms with Crippen LogP contribution in [0.3, 0.4) is 0 Å². The summed E-state index contributed by atoms with van der Waals surface area (Å²) in [4.78, 5) is 17.0. The van der Waals surface area contributed by atoms with E-state index in [0.717, 1.165) is 48.8 Å². The van der Waals surface area contributed by atoms with Gasteiger partial charge in [-0.2, -0.15) is 8.42 Å². The normalized spacial score (nSPS) is 14.9. The lowest BCUT2D eigenvalue weighted by atomic mass is 10.1. The summed E-state index contributed by atoms with van der Waals surface area (Å²) in [6, 6.07) is 14.4. The Bertz CT molecular complexity index is 1200. The Morgan fingerprint density at radius 2 is 1.69 bits per heavy atom. The van der Waals surface area contributed by atoms with Crippen molar-refractivity contribution in [1.29, 1.82) is 0 Å². The number of benzene rings is 2. The van der Waals surface area contributed by atoms with Gasteiger partial charge in [-0.05, 0) is 49.9 Å². The summed E-state index contributed by atoms with van der Waals surface area (Å²) < 4.78 is 27.7. The van der Waals surface area contributed by atoms with Crippen LogP contribution in [0.2, 0.25) is 0 Å². The van der Waals surface area contributed by atoms with Gasteiger partial charge < -0.3 is 9.80 Å². The van der Waals surface area contributed by atoms with Gasteiger partial charge in [-0.15, -0.1) is 10.2 Å². The van der Waals surface area contributed by atoms with Crippen molar-refractivity contribution in [2.24, 2.45) is 0 Å². The minimum Gasteiger partial charge on any atom is -0.369 e. The van der Waals surface area contributed by atoms with E-state index in [1.54, 1.807) is 24.3 Å². The number of hydrogen-bond donors (Lipinski definition) is 2. The first-order chi connectivity index (χ1) is 15.3. The van der Waals surface area contributed by atoms with Crippen LogP contribution in [0, 0.1) is 6.92 Å². The van der Waals surface area contributed by atoms with E-state index in [1.807, 2.05) is 31.2 Å². The molecule has 1 aliphatic heterocycles. The zero-order valence-corrected chi connectivity index (χ0v) is 19.4. The van der Waals surface area contributed by atoms with Gasteiger partial charge in [0.05, 0.1) is 0 Å². The van der Waals surface area contributed by atoms with Gasteiger partial charge in [-0.25, -0.2) is 0 Å². The maximum absolute atomic E-state index is 12.7. The predicted molar refractivity (Wildman–Crippen MR) is 126 cm³/mol. The first kappa shape index (κ1) is 22.2. The first-order valence-electron chi connectivity index (χ1n) is 10.1. The van der Waals surface area contributed by atoms with E-state index < -0.39 is 10.0 Å². The Morgan fingerprint density at radius 1 is 1.00 bits per heavy atom. The fourth-order valence-corrected chi connectivity index (χ4v) is 5.32. The lowest BCUT2D eigenvalue weighted by Crippen LogP contribution is -2.44. The summed E-state index contributed by atoms with van der Waals surface area (Å²) >= 11 is 0.796. The highest BCUT2D eigenvalue weighted by Gasteiger charge is 2.22. The number of carbonyl (C=O) groups is 1. The van der Waals surface area contributed by atoms with Crippen LogP contribution < -0.4 is 14.9 Å². The number of rotatable bonds is 6. The number of aromatic nitrogens is 2. The van der Waals surface area contributed by atoms with Crippen molar-refractivity contribution in [3.05, 3.63) is 59.7 Å². The zero-order chi connectivity index (χ0) is 22.7. The number of sulfonamides is 1. The average Bonchev–Trinajstić information content (AvgIpc) is 3.24. The molecule has 1 saturated heterocycles. The number of aryl methyl sites for hydroxylation is 1. The molecular formula is C21H24N6O3S2. The van der Waals surface area contributed by atoms with E-state index in [2.05, 4.69) is 37.1 Å². The molecule has 1 amide bonds. The summed E-state index contributed by atoms with van der Waals surface area (Å²) in [6.45, 7) is 5.68. The van der Waals surface area contributed by atoms with Crippen molar-refractivity contribution in [1.82, 2.24) is 15.1 Å². The number of nitrogens with one attached hydrogen (secondary N) is 2. The maximum Gasteiger partial charge on any atom is 0.291 e. The van der Waals surface area contributed by atoms with Gasteiger partial charge in [0.15, 0.2) is 0 Å². The fourth-order valence-electron chi connectivity index (χ4n) is 3.36. The number of piperazine rings is 1. The molecule has 2 heterocycles. The van der Waals surface area contributed by atoms with E-state index in [1.165, 1.54) is 0 Å². The van der Waals surface area contributed by atoms with Crippen molar-refractivity contribution in [2.45, 2.75) is 11.3 Å². The summed E-state index contributed by atoms with van der Waals surface area (Å²) in [6.07, 6.45) is 0. The second-order valence-corrected chi connectivity index (χ2v) is 10.4. The van der Waals surface area contributed by atoms with E-state index in [-0.39, 0.29) is 15.4 Å². The minimum absolute atomic E-state index is 0.115. The van der Waals surface area contributed by atoms with Crippen molar-refractivity contribution >= 4 is 43.8 Å². The molecule has 1 fully saturated rings. The van der Waals surface area contributed by atoms with Crippen molar-refractivity contribution in [3.63, 3.8) is 0 Å². The molecule has 0 spiro atoms. The number of carbonyl (C=O) groups excluding carboxylic acids is 1. The SMILES string of the molecule is Cc1ccccc1C(=O)Nc1nnc(S(=O)(=O)Nc2ccc(N3CCN(C)CC3)cc2)s1. The molecule has 1 aromatic heterocycles. The molecule has 0 bridgehead atoms. The summed E-state index contributed by atoms with van der Waals surface area (Å²) in [7, 11) is -1.82. The second-order valence-electron chi connectivity index (χ2n) is 7.58. The van der Waals surface area contributed by atoms with Crippen molar-refractivity contribution in [2.75, 3.05) is 48.2 Å². The van der Waals surface area contributed by atoms with Gasteiger partial charge in [-0.1, -0.05) is 29.5 Å². The lowest BCUT2D eigenvalue weighted by molar-refractivity contribution is 0.102. The van der Waals surface area contributed by atoms with Crippen LogP contribution in [-0.4, -0.2) is 62.6 Å². The van der Waals surface area contributed by atoms with Crippen LogP contribution in [0.5, 0.6) is 0 Å². The molecule has 2 N–H and O–H groups in total. The minimum atomic E-state index is -3.92. The van der Waals surface area contributed by atoms with Crippen LogP contribution in [-0.2, 0) is 10.0 Å². The third kappa shape index (κ3) is 5.06. The van der Waals surface area contributed by atoms with E-state index in [9.17, 15) is 13.2 Å². The molecule has 0 unspecified atom stereocenters. The largest absolute Gasteiger partial charge is 0.369 e. The molecule has 0 aliphatic carbocycles. The molecule has 4 rings (SSSR count). The Morgan fingerprint density at radius 3 is 2.38 bits per heavy atom. The number of likely N-dealkylation sites (N-methyl/N-ethyl adjacent to an activating group) is 1.